The van der Waals surface area contributed by atoms with Gasteiger partial charge in [0.2, 0.25) is 5.82 Å². The molecule has 1 N–H and O–H groups in total. The van der Waals surface area contributed by atoms with Gasteiger partial charge in [-0.05, 0) is 82.2 Å². The summed E-state index contributed by atoms with van der Waals surface area (Å²) in [6.07, 6.45) is -4.95. The lowest BCUT2D eigenvalue weighted by atomic mass is 10.0. The van der Waals surface area contributed by atoms with Crippen molar-refractivity contribution in [1.29, 1.82) is 0 Å². The first kappa shape index (κ1) is 26.8. The van der Waals surface area contributed by atoms with Gasteiger partial charge in [-0.25, -0.2) is 4.79 Å². The minimum absolute atomic E-state index is 0.00224. The van der Waals surface area contributed by atoms with Crippen LogP contribution in [0, 0.1) is 0 Å². The van der Waals surface area contributed by atoms with Crippen molar-refractivity contribution in [1.82, 2.24) is 10.1 Å². The first-order valence-corrected chi connectivity index (χ1v) is 11.3. The lowest BCUT2D eigenvalue weighted by Crippen LogP contribution is -2.18. The van der Waals surface area contributed by atoms with Gasteiger partial charge >= 0.3 is 12.1 Å². The fourth-order valence-corrected chi connectivity index (χ4v) is 3.65. The van der Waals surface area contributed by atoms with Gasteiger partial charge in [-0.2, -0.15) is 18.2 Å². The molecule has 192 valence electrons. The number of hydrogen-bond donors (Lipinski definition) is 1. The normalized spacial score (nSPS) is 13.4. The zero-order valence-corrected chi connectivity index (χ0v) is 20.5. The largest absolute Gasteiger partial charge is 0.490 e. The van der Waals surface area contributed by atoms with Crippen LogP contribution in [0.5, 0.6) is 11.5 Å². The molecule has 0 spiro atoms. The van der Waals surface area contributed by atoms with Crippen molar-refractivity contribution in [2.24, 2.45) is 0 Å². The molecule has 0 fully saturated rings. The maximum Gasteiger partial charge on any atom is 0.419 e. The summed E-state index contributed by atoms with van der Waals surface area (Å²) >= 11 is 0. The lowest BCUT2D eigenvalue weighted by Gasteiger charge is -2.19. The van der Waals surface area contributed by atoms with Gasteiger partial charge in [-0.3, -0.25) is 0 Å². The lowest BCUT2D eigenvalue weighted by molar-refractivity contribution is -0.139. The number of aromatic nitrogens is 2. The van der Waals surface area contributed by atoms with E-state index in [0.717, 1.165) is 6.07 Å². The Hall–Kier alpha value is -3.82. The van der Waals surface area contributed by atoms with Gasteiger partial charge < -0.3 is 19.1 Å². The van der Waals surface area contributed by atoms with E-state index in [-0.39, 0.29) is 28.6 Å². The Balaban J connectivity index is 1.82. The summed E-state index contributed by atoms with van der Waals surface area (Å²) in [6, 6.07) is 10.3. The highest BCUT2D eigenvalue weighted by molar-refractivity contribution is 5.87. The number of hydrogen-bond acceptors (Lipinski definition) is 6. The van der Waals surface area contributed by atoms with Gasteiger partial charge in [-0.1, -0.05) is 12.1 Å². The number of rotatable bonds is 9. The van der Waals surface area contributed by atoms with Crippen molar-refractivity contribution in [3.05, 3.63) is 59.2 Å². The van der Waals surface area contributed by atoms with E-state index >= 15 is 0 Å². The highest BCUT2D eigenvalue weighted by atomic mass is 19.4. The number of alkyl halides is 3. The summed E-state index contributed by atoms with van der Waals surface area (Å²) < 4.78 is 57.1. The summed E-state index contributed by atoms with van der Waals surface area (Å²) in [5.41, 5.74) is 0.676. The van der Waals surface area contributed by atoms with E-state index in [1.54, 1.807) is 52.0 Å². The van der Waals surface area contributed by atoms with Crippen LogP contribution in [-0.2, 0) is 11.0 Å². The Kier molecular flexibility index (Phi) is 8.07. The topological polar surface area (TPSA) is 94.7 Å². The van der Waals surface area contributed by atoms with Crippen LogP contribution >= 0.6 is 0 Å². The van der Waals surface area contributed by atoms with E-state index < -0.39 is 29.9 Å². The molecule has 2 aromatic carbocycles. The van der Waals surface area contributed by atoms with Crippen LogP contribution in [0.3, 0.4) is 0 Å². The SMILES string of the molecule is CC/C(=C(/C)C(=O)O)[C@@H](C)Oc1ccc(-c2nc(-c3ccc(OC(C)C)c(C(F)(F)F)c3)no2)cc1. The Morgan fingerprint density at radius 3 is 2.25 bits per heavy atom. The molecule has 36 heavy (non-hydrogen) atoms. The third kappa shape index (κ3) is 6.24. The van der Waals surface area contributed by atoms with Gasteiger partial charge in [0.1, 0.15) is 17.6 Å². The number of ether oxygens (including phenoxy) is 2. The fraction of sp³-hybridized carbons (Fsp3) is 0.346. The highest BCUT2D eigenvalue weighted by Crippen LogP contribution is 2.39. The second-order valence-electron chi connectivity index (χ2n) is 8.39. The number of nitrogens with zero attached hydrogens (tertiary/aromatic N) is 2. The quantitative estimate of drug-likeness (QED) is 0.321. The maximum atomic E-state index is 13.6. The number of carbonyl (C=O) groups is 1. The smallest absolute Gasteiger partial charge is 0.419 e. The zero-order valence-electron chi connectivity index (χ0n) is 20.5. The van der Waals surface area contributed by atoms with Crippen molar-refractivity contribution in [2.45, 2.75) is 59.4 Å². The molecule has 0 unspecified atom stereocenters. The van der Waals surface area contributed by atoms with E-state index in [4.69, 9.17) is 14.0 Å². The Morgan fingerprint density at radius 1 is 1.06 bits per heavy atom. The van der Waals surface area contributed by atoms with Crippen LogP contribution in [0.1, 0.15) is 46.6 Å². The van der Waals surface area contributed by atoms with E-state index in [9.17, 15) is 23.1 Å². The molecule has 0 aliphatic heterocycles. The summed E-state index contributed by atoms with van der Waals surface area (Å²) in [5.74, 6) is -0.631. The molecule has 3 rings (SSSR count). The monoisotopic (exact) mass is 504 g/mol. The summed E-state index contributed by atoms with van der Waals surface area (Å²) in [4.78, 5) is 15.5. The zero-order chi connectivity index (χ0) is 26.6. The molecular weight excluding hydrogens is 477 g/mol. The predicted octanol–water partition coefficient (Wildman–Crippen LogP) is 6.79. The van der Waals surface area contributed by atoms with Crippen molar-refractivity contribution in [3.63, 3.8) is 0 Å². The van der Waals surface area contributed by atoms with Crippen LogP contribution in [0.4, 0.5) is 13.2 Å². The molecule has 0 saturated heterocycles. The van der Waals surface area contributed by atoms with Gasteiger partial charge in [-0.15, -0.1) is 0 Å². The standard InChI is InChI=1S/C26H27F3N2O5/c1-6-20(15(4)25(32)33)16(5)35-19-10-7-17(8-11-19)24-30-23(31-36-24)18-9-12-22(34-14(2)3)21(13-18)26(27,28)29/h7-14,16H,6H2,1-5H3,(H,32,33)/b20-15+/t16-/m1/s1. The van der Waals surface area contributed by atoms with Gasteiger partial charge in [0, 0.05) is 16.7 Å². The number of halogens is 3. The van der Waals surface area contributed by atoms with E-state index in [2.05, 4.69) is 10.1 Å². The van der Waals surface area contributed by atoms with Gasteiger partial charge in [0.15, 0.2) is 0 Å². The summed E-state index contributed by atoms with van der Waals surface area (Å²) in [6.45, 7) is 8.47. The van der Waals surface area contributed by atoms with Gasteiger partial charge in [0.25, 0.3) is 5.89 Å². The van der Waals surface area contributed by atoms with Crippen LogP contribution in [0.25, 0.3) is 22.8 Å². The first-order valence-electron chi connectivity index (χ1n) is 11.3. The van der Waals surface area contributed by atoms with Crippen LogP contribution in [0.15, 0.2) is 58.1 Å². The molecule has 7 nitrogen and oxygen atoms in total. The summed E-state index contributed by atoms with van der Waals surface area (Å²) in [5, 5.41) is 13.1. The van der Waals surface area contributed by atoms with E-state index in [0.29, 0.717) is 23.3 Å². The number of aliphatic carboxylic acids is 1. The van der Waals surface area contributed by atoms with Crippen LogP contribution in [-0.4, -0.2) is 33.4 Å². The highest BCUT2D eigenvalue weighted by Gasteiger charge is 2.35. The second kappa shape index (κ2) is 10.8. The molecule has 3 aromatic rings. The first-order chi connectivity index (χ1) is 16.9. The third-order valence-corrected chi connectivity index (χ3v) is 5.42. The van der Waals surface area contributed by atoms with E-state index in [1.807, 2.05) is 6.92 Å². The molecule has 1 heterocycles. The minimum Gasteiger partial charge on any atom is -0.490 e. The minimum atomic E-state index is -4.62. The molecule has 0 amide bonds. The Bertz CT molecular complexity index is 1250. The van der Waals surface area contributed by atoms with Crippen molar-refractivity contribution in [2.75, 3.05) is 0 Å². The molecule has 0 radical (unpaired) electrons. The molecular formula is C26H27F3N2O5. The van der Waals surface area contributed by atoms with Crippen molar-refractivity contribution in [3.8, 4) is 34.3 Å². The summed E-state index contributed by atoms with van der Waals surface area (Å²) in [7, 11) is 0. The predicted molar refractivity (Wildman–Crippen MR) is 127 cm³/mol. The second-order valence-corrected chi connectivity index (χ2v) is 8.39. The maximum absolute atomic E-state index is 13.6. The van der Waals surface area contributed by atoms with Crippen LogP contribution < -0.4 is 9.47 Å². The average molecular weight is 505 g/mol. The molecule has 1 aromatic heterocycles. The van der Waals surface area contributed by atoms with Crippen molar-refractivity contribution < 1.29 is 37.1 Å². The fourth-order valence-electron chi connectivity index (χ4n) is 3.65. The van der Waals surface area contributed by atoms with Crippen molar-refractivity contribution >= 4 is 5.97 Å². The molecule has 10 heteroatoms. The average Bonchev–Trinajstić information content (AvgIpc) is 3.29. The number of carboxylic acid groups (broad SMARTS) is 1. The Morgan fingerprint density at radius 2 is 1.69 bits per heavy atom. The molecule has 0 aliphatic carbocycles. The third-order valence-electron chi connectivity index (χ3n) is 5.42. The number of benzene rings is 2. The molecule has 0 aliphatic rings. The Labute approximate surface area is 206 Å². The van der Waals surface area contributed by atoms with E-state index in [1.165, 1.54) is 12.1 Å². The molecule has 1 atom stereocenters. The molecule has 0 bridgehead atoms. The number of carboxylic acids is 1. The molecule has 0 saturated carbocycles. The van der Waals surface area contributed by atoms with Crippen LogP contribution in [0.2, 0.25) is 0 Å². The van der Waals surface area contributed by atoms with Gasteiger partial charge in [0.05, 0.1) is 11.7 Å².